The second-order valence-electron chi connectivity index (χ2n) is 15.5. The Kier molecular flexibility index (Phi) is 30.6. The van der Waals surface area contributed by atoms with Crippen molar-refractivity contribution in [2.45, 2.75) is 139 Å². The predicted octanol–water partition coefficient (Wildman–Crippen LogP) is -4.61. The first-order valence-electron chi connectivity index (χ1n) is 21.5. The minimum absolute atomic E-state index is 0.0296. The summed E-state index contributed by atoms with van der Waals surface area (Å²) in [6.45, 7) is 3.84. The van der Waals surface area contributed by atoms with Crippen LogP contribution in [-0.2, 0) is 52.7 Å². The van der Waals surface area contributed by atoms with Gasteiger partial charge in [0, 0.05) is 12.2 Å². The number of hydrogen-bond acceptors (Lipinski definition) is 16. The van der Waals surface area contributed by atoms with Crippen LogP contribution in [0.3, 0.4) is 0 Å². The van der Waals surface area contributed by atoms with Crippen molar-refractivity contribution >= 4 is 89.5 Å². The topological polar surface area (TPSA) is 443 Å². The van der Waals surface area contributed by atoms with E-state index in [9.17, 15) is 63.0 Å². The first-order valence-corrected chi connectivity index (χ1v) is 23.5. The number of nitrogens with one attached hydrogen (secondary N) is 7. The standard InChI is InChI=1S/C39H70N12O13S2/c1-4-20(2)31(38(62)47-23(10-6-8-15-41)33(57)45-22(9-5-7-14-40)34(58)48-25(39(63)64)13-16-66-3)51-35(59)24(11-12-28(43)52)46-36(60)26(17-29(44)53)50-37(61)27(18-30(54)55)49-32(56)21(42)19-65/h20-27,31,65H,4-19,40-42H2,1-3H3,(H2,43,52)(H2,44,53)(H,45,57)(H,46,60)(H,47,62)(H,48,58)(H,49,56)(H,50,61)(H,51,59)(H,54,55)(H,63,64)/t20-,21-,22-,23-,24-,25-,26-,27-,31-/m0/s1. The summed E-state index contributed by atoms with van der Waals surface area (Å²) in [5.41, 5.74) is 27.6. The van der Waals surface area contributed by atoms with E-state index in [2.05, 4.69) is 49.8 Å². The van der Waals surface area contributed by atoms with Crippen molar-refractivity contribution in [2.75, 3.05) is 30.9 Å². The van der Waals surface area contributed by atoms with Gasteiger partial charge in [-0.15, -0.1) is 0 Å². The highest BCUT2D eigenvalue weighted by molar-refractivity contribution is 7.98. The number of carboxylic acid groups (broad SMARTS) is 2. The minimum Gasteiger partial charge on any atom is -0.481 e. The van der Waals surface area contributed by atoms with Gasteiger partial charge < -0.3 is 76.1 Å². The lowest BCUT2D eigenvalue weighted by molar-refractivity contribution is -0.142. The number of carboxylic acids is 2. The summed E-state index contributed by atoms with van der Waals surface area (Å²) in [5, 5.41) is 35.9. The highest BCUT2D eigenvalue weighted by atomic mass is 32.2. The van der Waals surface area contributed by atoms with Crippen molar-refractivity contribution in [3.05, 3.63) is 0 Å². The Bertz CT molecular complexity index is 1660. The maximum Gasteiger partial charge on any atom is 0.326 e. The molecule has 0 aliphatic heterocycles. The summed E-state index contributed by atoms with van der Waals surface area (Å²) in [4.78, 5) is 142. The molecule has 0 radical (unpaired) electrons. The number of hydrogen-bond donors (Lipinski definition) is 15. The van der Waals surface area contributed by atoms with Crippen LogP contribution >= 0.6 is 24.4 Å². The molecule has 0 fully saturated rings. The van der Waals surface area contributed by atoms with E-state index in [1.54, 1.807) is 20.1 Å². The summed E-state index contributed by atoms with van der Waals surface area (Å²) in [6.07, 6.45) is 1.15. The van der Waals surface area contributed by atoms with E-state index in [0.29, 0.717) is 31.4 Å². The molecule has 27 heteroatoms. The van der Waals surface area contributed by atoms with E-state index in [1.165, 1.54) is 11.8 Å². The highest BCUT2D eigenvalue weighted by Crippen LogP contribution is 2.13. The second-order valence-corrected chi connectivity index (χ2v) is 16.8. The third kappa shape index (κ3) is 24.3. The molecule has 19 N–H and O–H groups in total. The van der Waals surface area contributed by atoms with Gasteiger partial charge in [0.25, 0.3) is 0 Å². The molecule has 0 saturated carbocycles. The highest BCUT2D eigenvalue weighted by Gasteiger charge is 2.36. The van der Waals surface area contributed by atoms with Crippen molar-refractivity contribution < 1.29 is 63.0 Å². The van der Waals surface area contributed by atoms with Gasteiger partial charge in [-0.25, -0.2) is 4.79 Å². The molecular weight excluding hydrogens is 909 g/mol. The fourth-order valence-corrected chi connectivity index (χ4v) is 6.67. The third-order valence-electron chi connectivity index (χ3n) is 10.1. The number of amides is 9. The van der Waals surface area contributed by atoms with Crippen LogP contribution in [0.15, 0.2) is 0 Å². The summed E-state index contributed by atoms with van der Waals surface area (Å²) in [7, 11) is 0. The van der Waals surface area contributed by atoms with Crippen molar-refractivity contribution in [3.8, 4) is 0 Å². The van der Waals surface area contributed by atoms with Gasteiger partial charge in [0.1, 0.15) is 42.3 Å². The molecule has 0 saturated heterocycles. The van der Waals surface area contributed by atoms with Crippen molar-refractivity contribution in [3.63, 3.8) is 0 Å². The number of thiol groups is 1. The molecule has 0 spiro atoms. The van der Waals surface area contributed by atoms with Crippen molar-refractivity contribution in [1.29, 1.82) is 0 Å². The molecule has 0 aromatic heterocycles. The molecule has 0 unspecified atom stereocenters. The van der Waals surface area contributed by atoms with Gasteiger partial charge in [-0.1, -0.05) is 20.3 Å². The molecule has 9 atom stereocenters. The van der Waals surface area contributed by atoms with Crippen LogP contribution in [0.4, 0.5) is 0 Å². The Hall–Kier alpha value is -5.25. The average molecular weight is 979 g/mol. The van der Waals surface area contributed by atoms with E-state index in [1.807, 2.05) is 0 Å². The van der Waals surface area contributed by atoms with Gasteiger partial charge >= 0.3 is 11.9 Å². The van der Waals surface area contributed by atoms with Crippen LogP contribution in [-0.4, -0.2) is 155 Å². The maximum absolute atomic E-state index is 14.1. The van der Waals surface area contributed by atoms with Crippen LogP contribution in [0.1, 0.15) is 90.9 Å². The van der Waals surface area contributed by atoms with Crippen LogP contribution in [0.5, 0.6) is 0 Å². The number of unbranched alkanes of at least 4 members (excludes halogenated alkanes) is 2. The molecule has 9 amide bonds. The number of primary amides is 2. The SMILES string of the molecule is CC[C@H](C)[C@H](NC(=O)[C@H](CCC(N)=O)NC(=O)[C@H](CC(N)=O)NC(=O)[C@H](CC(=O)O)NC(=O)[C@@H](N)CS)C(=O)N[C@@H](CCCCN)C(=O)N[C@@H](CCCCN)C(=O)N[C@@H](CCSC)C(=O)O. The summed E-state index contributed by atoms with van der Waals surface area (Å²) in [5.74, 6) is -12.1. The van der Waals surface area contributed by atoms with E-state index in [-0.39, 0.29) is 44.5 Å². The maximum atomic E-state index is 14.1. The summed E-state index contributed by atoms with van der Waals surface area (Å²) in [6, 6.07) is -11.7. The molecule has 66 heavy (non-hydrogen) atoms. The lowest BCUT2D eigenvalue weighted by Crippen LogP contribution is -2.61. The van der Waals surface area contributed by atoms with Crippen LogP contribution < -0.4 is 65.9 Å². The van der Waals surface area contributed by atoms with E-state index >= 15 is 0 Å². The van der Waals surface area contributed by atoms with Gasteiger partial charge in [-0.05, 0) is 82.4 Å². The number of carbonyl (C=O) groups excluding carboxylic acids is 9. The lowest BCUT2D eigenvalue weighted by atomic mass is 9.96. The molecule has 0 heterocycles. The van der Waals surface area contributed by atoms with Gasteiger partial charge in [0.2, 0.25) is 53.2 Å². The van der Waals surface area contributed by atoms with Crippen molar-refractivity contribution in [2.24, 2.45) is 34.6 Å². The largest absolute Gasteiger partial charge is 0.481 e. The van der Waals surface area contributed by atoms with E-state index in [4.69, 9.17) is 28.7 Å². The molecule has 0 aliphatic rings. The zero-order chi connectivity index (χ0) is 50.5. The van der Waals surface area contributed by atoms with Crippen LogP contribution in [0.2, 0.25) is 0 Å². The molecular formula is C39H70N12O13S2. The van der Waals surface area contributed by atoms with Crippen molar-refractivity contribution in [1.82, 2.24) is 37.2 Å². The third-order valence-corrected chi connectivity index (χ3v) is 11.1. The first kappa shape index (κ1) is 60.8. The van der Waals surface area contributed by atoms with Gasteiger partial charge in [0.15, 0.2) is 0 Å². The Morgan fingerprint density at radius 3 is 1.41 bits per heavy atom. The Morgan fingerprint density at radius 1 is 0.561 bits per heavy atom. The summed E-state index contributed by atoms with van der Waals surface area (Å²) < 4.78 is 0. The molecule has 0 aliphatic carbocycles. The molecule has 0 bridgehead atoms. The molecule has 0 rings (SSSR count). The lowest BCUT2D eigenvalue weighted by Gasteiger charge is -2.29. The van der Waals surface area contributed by atoms with Gasteiger partial charge in [0.05, 0.1) is 18.9 Å². The molecule has 0 aromatic rings. The molecule has 376 valence electrons. The molecule has 0 aromatic carbocycles. The zero-order valence-electron chi connectivity index (χ0n) is 37.6. The Morgan fingerprint density at radius 2 is 0.985 bits per heavy atom. The number of aliphatic carboxylic acids is 2. The zero-order valence-corrected chi connectivity index (χ0v) is 39.3. The first-order chi connectivity index (χ1) is 31.1. The van der Waals surface area contributed by atoms with Gasteiger partial charge in [-0.2, -0.15) is 24.4 Å². The van der Waals surface area contributed by atoms with Crippen LogP contribution in [0.25, 0.3) is 0 Å². The fraction of sp³-hybridized carbons (Fsp3) is 0.718. The Labute approximate surface area is 393 Å². The Balaban J connectivity index is 6.68. The normalized spacial score (nSPS) is 15.1. The van der Waals surface area contributed by atoms with E-state index in [0.717, 1.165) is 0 Å². The smallest absolute Gasteiger partial charge is 0.326 e. The summed E-state index contributed by atoms with van der Waals surface area (Å²) >= 11 is 5.28. The number of thioether (sulfide) groups is 1. The number of carbonyl (C=O) groups is 11. The number of rotatable bonds is 36. The fourth-order valence-electron chi connectivity index (χ4n) is 6.03. The second kappa shape index (κ2) is 33.3. The quantitative estimate of drug-likeness (QED) is 0.0207. The number of nitrogens with two attached hydrogens (primary N) is 5. The molecule has 25 nitrogen and oxygen atoms in total. The average Bonchev–Trinajstić information content (AvgIpc) is 3.25. The van der Waals surface area contributed by atoms with E-state index < -0.39 is 145 Å². The predicted molar refractivity (Wildman–Crippen MR) is 246 cm³/mol. The van der Waals surface area contributed by atoms with Crippen LogP contribution in [0, 0.1) is 5.92 Å². The minimum atomic E-state index is -1.86. The van der Waals surface area contributed by atoms with Gasteiger partial charge in [-0.3, -0.25) is 47.9 Å². The monoisotopic (exact) mass is 978 g/mol.